The van der Waals surface area contributed by atoms with Crippen LogP contribution in [0, 0.1) is 6.92 Å². The molecule has 2 aromatic rings. The second-order valence-electron chi connectivity index (χ2n) is 6.12. The molecule has 0 aliphatic carbocycles. The SMILES string of the molecule is COc1cc(/N=C/N(C)C)c(C)cc1C(O)(c1ccccc1)C(F)(F)F. The fraction of sp³-hybridized carbons (Fsp3) is 0.316. The zero-order chi connectivity index (χ0) is 19.5. The van der Waals surface area contributed by atoms with Gasteiger partial charge in [0, 0.05) is 25.7 Å². The summed E-state index contributed by atoms with van der Waals surface area (Å²) in [6, 6.07) is 9.61. The molecule has 0 heterocycles. The Labute approximate surface area is 150 Å². The monoisotopic (exact) mass is 366 g/mol. The van der Waals surface area contributed by atoms with Crippen LogP contribution in [-0.4, -0.2) is 43.7 Å². The maximum Gasteiger partial charge on any atom is 0.425 e. The average Bonchev–Trinajstić information content (AvgIpc) is 2.59. The van der Waals surface area contributed by atoms with Gasteiger partial charge in [-0.3, -0.25) is 0 Å². The lowest BCUT2D eigenvalue weighted by Crippen LogP contribution is -2.43. The molecule has 0 spiro atoms. The highest BCUT2D eigenvalue weighted by Gasteiger charge is 2.57. The van der Waals surface area contributed by atoms with E-state index >= 15 is 0 Å². The van der Waals surface area contributed by atoms with Crippen LogP contribution in [0.4, 0.5) is 18.9 Å². The minimum atomic E-state index is -4.94. The Morgan fingerprint density at radius 2 is 1.73 bits per heavy atom. The number of methoxy groups -OCH3 is 1. The third kappa shape index (κ3) is 3.67. The molecule has 0 saturated heterocycles. The van der Waals surface area contributed by atoms with Gasteiger partial charge in [-0.2, -0.15) is 13.2 Å². The van der Waals surface area contributed by atoms with Crippen molar-refractivity contribution in [3.05, 3.63) is 59.2 Å². The number of rotatable bonds is 5. The molecule has 0 fully saturated rings. The highest BCUT2D eigenvalue weighted by molar-refractivity contribution is 5.65. The van der Waals surface area contributed by atoms with E-state index in [1.165, 1.54) is 49.8 Å². The maximum absolute atomic E-state index is 13.9. The summed E-state index contributed by atoms with van der Waals surface area (Å²) in [7, 11) is 4.82. The molecule has 1 atom stereocenters. The molecule has 140 valence electrons. The molecule has 0 aromatic heterocycles. The largest absolute Gasteiger partial charge is 0.496 e. The van der Waals surface area contributed by atoms with Gasteiger partial charge in [0.1, 0.15) is 5.75 Å². The molecule has 1 unspecified atom stereocenters. The van der Waals surface area contributed by atoms with Gasteiger partial charge in [0.15, 0.2) is 0 Å². The number of aryl methyl sites for hydroxylation is 1. The number of ether oxygens (including phenoxy) is 1. The third-order valence-electron chi connectivity index (χ3n) is 3.94. The number of nitrogens with zero attached hydrogens (tertiary/aromatic N) is 2. The first kappa shape index (κ1) is 19.8. The second-order valence-corrected chi connectivity index (χ2v) is 6.12. The second kappa shape index (κ2) is 7.37. The first-order chi connectivity index (χ1) is 12.1. The van der Waals surface area contributed by atoms with E-state index in [1.54, 1.807) is 32.0 Å². The van der Waals surface area contributed by atoms with E-state index in [-0.39, 0.29) is 16.9 Å². The third-order valence-corrected chi connectivity index (χ3v) is 3.94. The van der Waals surface area contributed by atoms with E-state index in [0.29, 0.717) is 11.3 Å². The number of aliphatic hydroxyl groups is 1. The van der Waals surface area contributed by atoms with Crippen LogP contribution in [0.25, 0.3) is 0 Å². The van der Waals surface area contributed by atoms with Gasteiger partial charge in [0.05, 0.1) is 19.1 Å². The van der Waals surface area contributed by atoms with Crippen molar-refractivity contribution >= 4 is 12.0 Å². The zero-order valence-corrected chi connectivity index (χ0v) is 15.0. The molecule has 0 amide bonds. The van der Waals surface area contributed by atoms with Crippen LogP contribution in [0.15, 0.2) is 47.5 Å². The summed E-state index contributed by atoms with van der Waals surface area (Å²) < 4.78 is 47.0. The Hall–Kier alpha value is -2.54. The molecule has 26 heavy (non-hydrogen) atoms. The summed E-state index contributed by atoms with van der Waals surface area (Å²) in [4.78, 5) is 5.93. The number of halogens is 3. The predicted molar refractivity (Wildman–Crippen MR) is 95.1 cm³/mol. The van der Waals surface area contributed by atoms with Crippen molar-refractivity contribution in [2.75, 3.05) is 21.2 Å². The Morgan fingerprint density at radius 1 is 1.12 bits per heavy atom. The van der Waals surface area contributed by atoms with Crippen molar-refractivity contribution < 1.29 is 23.0 Å². The van der Waals surface area contributed by atoms with Gasteiger partial charge in [-0.1, -0.05) is 30.3 Å². The van der Waals surface area contributed by atoms with Crippen LogP contribution in [-0.2, 0) is 5.60 Å². The molecule has 0 saturated carbocycles. The maximum atomic E-state index is 13.9. The summed E-state index contributed by atoms with van der Waals surface area (Å²) in [5.74, 6) is -0.0924. The summed E-state index contributed by atoms with van der Waals surface area (Å²) in [6.45, 7) is 1.63. The van der Waals surface area contributed by atoms with E-state index in [0.717, 1.165) is 0 Å². The molecule has 0 aliphatic heterocycles. The molecule has 2 rings (SSSR count). The standard InChI is InChI=1S/C19H21F3N2O2/c1-13-10-15(17(26-4)11-16(13)23-12-24(2)3)18(25,19(20,21)22)14-8-6-5-7-9-14/h5-12,25H,1-4H3/b23-12+. The number of hydrogen-bond acceptors (Lipinski definition) is 3. The number of benzene rings is 2. The average molecular weight is 366 g/mol. The van der Waals surface area contributed by atoms with Crippen LogP contribution in [0.1, 0.15) is 16.7 Å². The number of aliphatic imine (C=N–C) groups is 1. The lowest BCUT2D eigenvalue weighted by molar-refractivity contribution is -0.248. The van der Waals surface area contributed by atoms with Gasteiger partial charge in [0.2, 0.25) is 5.60 Å². The molecule has 2 aromatic carbocycles. The summed E-state index contributed by atoms with van der Waals surface area (Å²) in [6.07, 6.45) is -3.41. The highest BCUT2D eigenvalue weighted by Crippen LogP contribution is 2.48. The van der Waals surface area contributed by atoms with Crippen molar-refractivity contribution in [1.82, 2.24) is 4.90 Å². The molecular formula is C19H21F3N2O2. The van der Waals surface area contributed by atoms with Crippen LogP contribution >= 0.6 is 0 Å². The minimum absolute atomic E-state index is 0.0924. The smallest absolute Gasteiger partial charge is 0.425 e. The Kier molecular flexibility index (Phi) is 5.61. The van der Waals surface area contributed by atoms with E-state index < -0.39 is 11.8 Å². The fourth-order valence-corrected chi connectivity index (χ4v) is 2.60. The van der Waals surface area contributed by atoms with Crippen molar-refractivity contribution in [1.29, 1.82) is 0 Å². The minimum Gasteiger partial charge on any atom is -0.496 e. The number of alkyl halides is 3. The topological polar surface area (TPSA) is 45.1 Å². The van der Waals surface area contributed by atoms with Gasteiger partial charge in [-0.05, 0) is 24.1 Å². The van der Waals surface area contributed by atoms with Gasteiger partial charge in [-0.25, -0.2) is 4.99 Å². The van der Waals surface area contributed by atoms with Crippen molar-refractivity contribution in [3.8, 4) is 5.75 Å². The van der Waals surface area contributed by atoms with Crippen molar-refractivity contribution in [2.24, 2.45) is 4.99 Å². The number of hydrogen-bond donors (Lipinski definition) is 1. The quantitative estimate of drug-likeness (QED) is 0.642. The van der Waals surface area contributed by atoms with E-state index in [9.17, 15) is 18.3 Å². The Balaban J connectivity index is 2.72. The normalized spacial score (nSPS) is 14.3. The Bertz CT molecular complexity index is 789. The first-order valence-corrected chi connectivity index (χ1v) is 7.85. The van der Waals surface area contributed by atoms with E-state index in [4.69, 9.17) is 4.74 Å². The molecular weight excluding hydrogens is 345 g/mol. The summed E-state index contributed by atoms with van der Waals surface area (Å²) in [5.41, 5.74) is -2.92. The predicted octanol–water partition coefficient (Wildman–Crippen LogP) is 4.02. The van der Waals surface area contributed by atoms with E-state index in [2.05, 4.69) is 4.99 Å². The summed E-state index contributed by atoms with van der Waals surface area (Å²) in [5, 5.41) is 10.8. The van der Waals surface area contributed by atoms with Crippen LogP contribution < -0.4 is 4.74 Å². The first-order valence-electron chi connectivity index (χ1n) is 7.85. The lowest BCUT2D eigenvalue weighted by atomic mass is 9.84. The van der Waals surface area contributed by atoms with Crippen LogP contribution in [0.3, 0.4) is 0 Å². The molecule has 0 aliphatic rings. The van der Waals surface area contributed by atoms with Crippen molar-refractivity contribution in [2.45, 2.75) is 18.7 Å². The van der Waals surface area contributed by atoms with Crippen LogP contribution in [0.5, 0.6) is 5.75 Å². The molecule has 7 heteroatoms. The highest BCUT2D eigenvalue weighted by atomic mass is 19.4. The van der Waals surface area contributed by atoms with Gasteiger partial charge in [0.25, 0.3) is 0 Å². The molecule has 0 radical (unpaired) electrons. The van der Waals surface area contributed by atoms with Gasteiger partial charge in [-0.15, -0.1) is 0 Å². The molecule has 1 N–H and O–H groups in total. The van der Waals surface area contributed by atoms with Crippen molar-refractivity contribution in [3.63, 3.8) is 0 Å². The lowest BCUT2D eigenvalue weighted by Gasteiger charge is -2.33. The Morgan fingerprint density at radius 3 is 2.23 bits per heavy atom. The fourth-order valence-electron chi connectivity index (χ4n) is 2.60. The van der Waals surface area contributed by atoms with Gasteiger partial charge < -0.3 is 14.7 Å². The molecule has 4 nitrogen and oxygen atoms in total. The van der Waals surface area contributed by atoms with E-state index in [1.807, 2.05) is 0 Å². The zero-order valence-electron chi connectivity index (χ0n) is 15.0. The summed E-state index contributed by atoms with van der Waals surface area (Å²) >= 11 is 0. The van der Waals surface area contributed by atoms with Gasteiger partial charge >= 0.3 is 6.18 Å². The molecule has 0 bridgehead atoms. The van der Waals surface area contributed by atoms with Crippen LogP contribution in [0.2, 0.25) is 0 Å².